The summed E-state index contributed by atoms with van der Waals surface area (Å²) in [6, 6.07) is 8.85. The van der Waals surface area contributed by atoms with Crippen LogP contribution in [0.2, 0.25) is 10.0 Å². The van der Waals surface area contributed by atoms with Gasteiger partial charge in [0.05, 0.1) is 24.3 Å². The Labute approximate surface area is 144 Å². The lowest BCUT2D eigenvalue weighted by molar-refractivity contribution is 0.0593. The first-order valence-electron chi connectivity index (χ1n) is 6.82. The second kappa shape index (κ2) is 8.15. The maximum absolute atomic E-state index is 11.5. The van der Waals surface area contributed by atoms with Gasteiger partial charge in [-0.1, -0.05) is 35.3 Å². The van der Waals surface area contributed by atoms with Crippen LogP contribution in [0.25, 0.3) is 0 Å². The van der Waals surface area contributed by atoms with E-state index in [1.54, 1.807) is 18.2 Å². The first-order chi connectivity index (χ1) is 11.1. The van der Waals surface area contributed by atoms with Crippen molar-refractivity contribution in [2.24, 2.45) is 0 Å². The molecule has 1 aromatic carbocycles. The monoisotopic (exact) mass is 354 g/mol. The fourth-order valence-electron chi connectivity index (χ4n) is 2.02. The first kappa shape index (κ1) is 17.5. The third kappa shape index (κ3) is 4.34. The van der Waals surface area contributed by atoms with Crippen LogP contribution in [0.5, 0.6) is 5.88 Å². The maximum Gasteiger partial charge on any atom is 0.356 e. The van der Waals surface area contributed by atoms with Crippen LogP contribution in [-0.2, 0) is 17.8 Å². The maximum atomic E-state index is 11.5. The number of halogens is 2. The second-order valence-corrected chi connectivity index (χ2v) is 5.46. The molecule has 0 aliphatic carbocycles. The van der Waals surface area contributed by atoms with Crippen LogP contribution in [0.15, 0.2) is 30.3 Å². The van der Waals surface area contributed by atoms with Crippen LogP contribution in [0, 0.1) is 0 Å². The van der Waals surface area contributed by atoms with E-state index >= 15 is 0 Å². The number of nitrogens with zero attached hydrogens (tertiary/aromatic N) is 1. The molecule has 23 heavy (non-hydrogen) atoms. The van der Waals surface area contributed by atoms with E-state index in [9.17, 15) is 4.79 Å². The lowest BCUT2D eigenvalue weighted by atomic mass is 10.2. The van der Waals surface area contributed by atoms with Gasteiger partial charge in [0, 0.05) is 18.7 Å². The van der Waals surface area contributed by atoms with Crippen molar-refractivity contribution in [1.82, 2.24) is 10.3 Å². The average Bonchev–Trinajstić information content (AvgIpc) is 2.58. The van der Waals surface area contributed by atoms with Gasteiger partial charge in [0.1, 0.15) is 0 Å². The van der Waals surface area contributed by atoms with Crippen LogP contribution in [-0.4, -0.2) is 25.2 Å². The summed E-state index contributed by atoms with van der Waals surface area (Å²) in [4.78, 5) is 15.6. The highest BCUT2D eigenvalue weighted by Crippen LogP contribution is 2.25. The van der Waals surface area contributed by atoms with Gasteiger partial charge in [0.25, 0.3) is 0 Å². The lowest BCUT2D eigenvalue weighted by Crippen LogP contribution is -2.15. The zero-order valence-corrected chi connectivity index (χ0v) is 14.2. The summed E-state index contributed by atoms with van der Waals surface area (Å²) in [6.07, 6.45) is 0. The Balaban J connectivity index is 2.05. The second-order valence-electron chi connectivity index (χ2n) is 4.67. The molecule has 0 radical (unpaired) electrons. The summed E-state index contributed by atoms with van der Waals surface area (Å²) in [5.74, 6) is -0.133. The Bertz CT molecular complexity index is 708. The van der Waals surface area contributed by atoms with E-state index in [0.717, 1.165) is 11.1 Å². The number of benzene rings is 1. The topological polar surface area (TPSA) is 60.5 Å². The molecule has 0 aliphatic heterocycles. The normalized spacial score (nSPS) is 10.4. The fourth-order valence-corrected chi connectivity index (χ4v) is 2.40. The van der Waals surface area contributed by atoms with Gasteiger partial charge in [-0.15, -0.1) is 0 Å². The Morgan fingerprint density at radius 3 is 2.57 bits per heavy atom. The van der Waals surface area contributed by atoms with Gasteiger partial charge < -0.3 is 14.8 Å². The lowest BCUT2D eigenvalue weighted by Gasteiger charge is -2.11. The highest BCUT2D eigenvalue weighted by molar-refractivity contribution is 6.42. The molecule has 122 valence electrons. The van der Waals surface area contributed by atoms with E-state index in [2.05, 4.69) is 15.0 Å². The van der Waals surface area contributed by atoms with E-state index < -0.39 is 5.97 Å². The Morgan fingerprint density at radius 2 is 1.87 bits per heavy atom. The first-order valence-corrected chi connectivity index (χ1v) is 7.58. The molecule has 0 amide bonds. The molecule has 0 saturated heterocycles. The van der Waals surface area contributed by atoms with Crippen molar-refractivity contribution in [3.8, 4) is 5.88 Å². The number of esters is 1. The largest absolute Gasteiger partial charge is 0.481 e. The minimum Gasteiger partial charge on any atom is -0.481 e. The minimum atomic E-state index is -0.506. The van der Waals surface area contributed by atoms with Gasteiger partial charge in [-0.25, -0.2) is 9.78 Å². The molecule has 2 aromatic rings. The molecular weight excluding hydrogens is 339 g/mol. The molecule has 5 nitrogen and oxygen atoms in total. The van der Waals surface area contributed by atoms with Crippen LogP contribution < -0.4 is 10.1 Å². The standard InChI is InChI=1S/C16H16Cl2N2O3/c1-22-15-11(6-7-13(20-15)16(21)23-2)9-19-8-10-4-3-5-12(17)14(10)18/h3-7,19H,8-9H2,1-2H3. The Morgan fingerprint density at radius 1 is 1.13 bits per heavy atom. The molecule has 0 atom stereocenters. The van der Waals surface area contributed by atoms with Gasteiger partial charge in [-0.05, 0) is 23.8 Å². The summed E-state index contributed by atoms with van der Waals surface area (Å²) < 4.78 is 9.86. The third-order valence-corrected chi connectivity index (χ3v) is 4.05. The number of pyridine rings is 1. The molecule has 0 saturated carbocycles. The molecule has 7 heteroatoms. The molecule has 0 spiro atoms. The Hall–Kier alpha value is -1.82. The average molecular weight is 355 g/mol. The molecule has 0 unspecified atom stereocenters. The summed E-state index contributed by atoms with van der Waals surface area (Å²) >= 11 is 12.1. The van der Waals surface area contributed by atoms with Crippen molar-refractivity contribution in [2.45, 2.75) is 13.1 Å². The van der Waals surface area contributed by atoms with Gasteiger partial charge in [0.15, 0.2) is 5.69 Å². The van der Waals surface area contributed by atoms with E-state index in [0.29, 0.717) is 29.0 Å². The molecule has 2 rings (SSSR count). The summed E-state index contributed by atoms with van der Waals surface area (Å²) in [7, 11) is 2.81. The summed E-state index contributed by atoms with van der Waals surface area (Å²) in [6.45, 7) is 1.04. The highest BCUT2D eigenvalue weighted by atomic mass is 35.5. The minimum absolute atomic E-state index is 0.200. The van der Waals surface area contributed by atoms with Gasteiger partial charge in [-0.3, -0.25) is 0 Å². The van der Waals surface area contributed by atoms with Crippen LogP contribution in [0.3, 0.4) is 0 Å². The number of hydrogen-bond acceptors (Lipinski definition) is 5. The predicted octanol–water partition coefficient (Wildman–Crippen LogP) is 3.47. The zero-order valence-electron chi connectivity index (χ0n) is 12.7. The summed E-state index contributed by atoms with van der Waals surface area (Å²) in [5.41, 5.74) is 1.92. The van der Waals surface area contributed by atoms with E-state index in [4.69, 9.17) is 27.9 Å². The summed E-state index contributed by atoms with van der Waals surface area (Å²) in [5, 5.41) is 4.30. The third-order valence-electron chi connectivity index (χ3n) is 3.19. The number of rotatable bonds is 6. The van der Waals surface area contributed by atoms with Gasteiger partial charge in [-0.2, -0.15) is 0 Å². The molecule has 1 N–H and O–H groups in total. The van der Waals surface area contributed by atoms with Crippen molar-refractivity contribution >= 4 is 29.2 Å². The fraction of sp³-hybridized carbons (Fsp3) is 0.250. The van der Waals surface area contributed by atoms with Crippen molar-refractivity contribution in [1.29, 1.82) is 0 Å². The smallest absolute Gasteiger partial charge is 0.356 e. The SMILES string of the molecule is COC(=O)c1ccc(CNCc2cccc(Cl)c2Cl)c(OC)n1. The molecule has 1 heterocycles. The van der Waals surface area contributed by atoms with Crippen LogP contribution in [0.1, 0.15) is 21.6 Å². The zero-order chi connectivity index (χ0) is 16.8. The van der Waals surface area contributed by atoms with Crippen molar-refractivity contribution < 1.29 is 14.3 Å². The van der Waals surface area contributed by atoms with E-state index in [1.165, 1.54) is 14.2 Å². The number of ether oxygens (including phenoxy) is 2. The molecule has 1 aromatic heterocycles. The number of aromatic nitrogens is 1. The molecule has 0 bridgehead atoms. The van der Waals surface area contributed by atoms with E-state index in [-0.39, 0.29) is 5.69 Å². The van der Waals surface area contributed by atoms with Crippen LogP contribution in [0.4, 0.5) is 0 Å². The van der Waals surface area contributed by atoms with E-state index in [1.807, 2.05) is 12.1 Å². The molecule has 0 aliphatic rings. The predicted molar refractivity (Wildman–Crippen MR) is 89.1 cm³/mol. The van der Waals surface area contributed by atoms with Crippen LogP contribution >= 0.6 is 23.2 Å². The highest BCUT2D eigenvalue weighted by Gasteiger charge is 2.12. The number of methoxy groups -OCH3 is 2. The number of carbonyl (C=O) groups excluding carboxylic acids is 1. The number of hydrogen-bond donors (Lipinski definition) is 1. The molecular formula is C16H16Cl2N2O3. The van der Waals surface area contributed by atoms with Crippen molar-refractivity contribution in [2.75, 3.05) is 14.2 Å². The number of nitrogens with one attached hydrogen (secondary N) is 1. The quantitative estimate of drug-likeness (QED) is 0.804. The van der Waals surface area contributed by atoms with Gasteiger partial charge >= 0.3 is 5.97 Å². The Kier molecular flexibility index (Phi) is 6.21. The van der Waals surface area contributed by atoms with Crippen molar-refractivity contribution in [3.63, 3.8) is 0 Å². The van der Waals surface area contributed by atoms with Gasteiger partial charge in [0.2, 0.25) is 5.88 Å². The number of carbonyl (C=O) groups is 1. The van der Waals surface area contributed by atoms with Crippen molar-refractivity contribution in [3.05, 3.63) is 57.2 Å². The molecule has 0 fully saturated rings.